The number of aromatic nitrogens is 2. The number of hydrogen-bond donors (Lipinski definition) is 1. The van der Waals surface area contributed by atoms with E-state index >= 15 is 0 Å². The molecule has 1 aromatic carbocycles. The lowest BCUT2D eigenvalue weighted by Gasteiger charge is -2.03. The molecule has 2 aromatic rings. The Kier molecular flexibility index (Phi) is 5.30. The van der Waals surface area contributed by atoms with Gasteiger partial charge >= 0.3 is 11.7 Å². The average molecular weight is 315 g/mol. The number of benzene rings is 1. The van der Waals surface area contributed by atoms with Crippen LogP contribution in [0.25, 0.3) is 11.5 Å². The molecule has 8 nitrogen and oxygen atoms in total. The van der Waals surface area contributed by atoms with Crippen LogP contribution in [0.3, 0.4) is 0 Å². The molecule has 1 N–H and O–H groups in total. The van der Waals surface area contributed by atoms with E-state index in [4.69, 9.17) is 15.6 Å². The third kappa shape index (κ3) is 4.57. The summed E-state index contributed by atoms with van der Waals surface area (Å²) in [6, 6.07) is 8.75. The van der Waals surface area contributed by atoms with Crippen molar-refractivity contribution < 1.29 is 18.7 Å². The molecule has 0 saturated heterocycles. The molecular weight excluding hydrogens is 302 g/mol. The van der Waals surface area contributed by atoms with Gasteiger partial charge in [0.1, 0.15) is 6.54 Å². The van der Waals surface area contributed by atoms with Crippen molar-refractivity contribution in [3.05, 3.63) is 40.9 Å². The van der Waals surface area contributed by atoms with Gasteiger partial charge < -0.3 is 14.5 Å². The first-order valence-corrected chi connectivity index (χ1v) is 6.59. The van der Waals surface area contributed by atoms with Crippen molar-refractivity contribution in [1.82, 2.24) is 15.1 Å². The van der Waals surface area contributed by atoms with Gasteiger partial charge in [0.2, 0.25) is 5.89 Å². The largest absolute Gasteiger partial charge is 0.454 e. The highest BCUT2D eigenvalue weighted by Gasteiger charge is 2.14. The Morgan fingerprint density at radius 2 is 2.09 bits per heavy atom. The zero-order valence-corrected chi connectivity index (χ0v) is 12.0. The minimum absolute atomic E-state index is 0.0412. The van der Waals surface area contributed by atoms with E-state index in [1.54, 1.807) is 30.3 Å². The van der Waals surface area contributed by atoms with Crippen molar-refractivity contribution in [2.45, 2.75) is 6.54 Å². The normalized spacial score (nSPS) is 9.87. The molecule has 23 heavy (non-hydrogen) atoms. The molecule has 1 heterocycles. The molecule has 8 heteroatoms. The molecular formula is C15H13N3O5. The molecule has 118 valence electrons. The molecule has 0 spiro atoms. The van der Waals surface area contributed by atoms with E-state index in [1.807, 2.05) is 0 Å². The lowest BCUT2D eigenvalue weighted by atomic mass is 10.2. The van der Waals surface area contributed by atoms with Crippen LogP contribution in [0.15, 0.2) is 39.5 Å². The second-order valence-corrected chi connectivity index (χ2v) is 4.34. The third-order valence-electron chi connectivity index (χ3n) is 2.66. The lowest BCUT2D eigenvalue weighted by Crippen LogP contribution is -2.30. The maximum atomic E-state index is 11.7. The van der Waals surface area contributed by atoms with Gasteiger partial charge in [0.25, 0.3) is 5.91 Å². The fourth-order valence-electron chi connectivity index (χ4n) is 1.62. The van der Waals surface area contributed by atoms with Crippen molar-refractivity contribution in [2.75, 3.05) is 13.2 Å². The zero-order valence-electron chi connectivity index (χ0n) is 12.0. The molecule has 0 aliphatic carbocycles. The number of rotatable bonds is 6. The molecule has 0 bridgehead atoms. The highest BCUT2D eigenvalue weighted by Crippen LogP contribution is 2.13. The highest BCUT2D eigenvalue weighted by molar-refractivity contribution is 5.80. The number of esters is 1. The molecule has 0 radical (unpaired) electrons. The first kappa shape index (κ1) is 16.0. The van der Waals surface area contributed by atoms with Crippen molar-refractivity contribution in [3.63, 3.8) is 0 Å². The Bertz CT molecular complexity index is 785. The summed E-state index contributed by atoms with van der Waals surface area (Å²) in [5, 5.41) is 6.24. The van der Waals surface area contributed by atoms with Crippen LogP contribution < -0.4 is 11.1 Å². The number of hydrogen-bond acceptors (Lipinski definition) is 6. The van der Waals surface area contributed by atoms with E-state index < -0.39 is 30.8 Å². The monoisotopic (exact) mass is 315 g/mol. The van der Waals surface area contributed by atoms with Crippen LogP contribution in [0.2, 0.25) is 0 Å². The van der Waals surface area contributed by atoms with E-state index in [9.17, 15) is 14.4 Å². The van der Waals surface area contributed by atoms with E-state index in [0.29, 0.717) is 5.56 Å². The number of ether oxygens (including phenoxy) is 1. The van der Waals surface area contributed by atoms with Crippen LogP contribution in [-0.2, 0) is 20.9 Å². The first-order chi connectivity index (χ1) is 11.1. The van der Waals surface area contributed by atoms with E-state index in [0.717, 1.165) is 4.68 Å². The Labute approximate surface area is 131 Å². The first-order valence-electron chi connectivity index (χ1n) is 6.59. The molecule has 0 saturated carbocycles. The second kappa shape index (κ2) is 7.61. The van der Waals surface area contributed by atoms with Gasteiger partial charge in [-0.1, -0.05) is 24.1 Å². The standard InChI is InChI=1S/C15H13N3O5/c1-2-8-16-12(19)10-22-13(20)9-18-15(21)23-14(17-18)11-6-4-3-5-7-11/h1,3-7H,8-10H2,(H,16,19). The maximum Gasteiger partial charge on any atom is 0.437 e. The topological polar surface area (TPSA) is 103 Å². The van der Waals surface area contributed by atoms with Crippen LogP contribution in [0, 0.1) is 12.3 Å². The van der Waals surface area contributed by atoms with Gasteiger partial charge in [0.15, 0.2) is 6.61 Å². The molecule has 0 fully saturated rings. The van der Waals surface area contributed by atoms with E-state index in [-0.39, 0.29) is 12.4 Å². The molecule has 1 amide bonds. The number of terminal acetylenes is 1. The van der Waals surface area contributed by atoms with Crippen LogP contribution in [-0.4, -0.2) is 34.8 Å². The van der Waals surface area contributed by atoms with Crippen molar-refractivity contribution in [2.24, 2.45) is 0 Å². The molecule has 0 atom stereocenters. The van der Waals surface area contributed by atoms with Gasteiger partial charge in [0.05, 0.1) is 6.54 Å². The Hall–Kier alpha value is -3.34. The maximum absolute atomic E-state index is 11.7. The molecule has 2 rings (SSSR count). The summed E-state index contributed by atoms with van der Waals surface area (Å²) < 4.78 is 10.5. The van der Waals surface area contributed by atoms with Crippen LogP contribution in [0.4, 0.5) is 0 Å². The second-order valence-electron chi connectivity index (χ2n) is 4.34. The predicted molar refractivity (Wildman–Crippen MR) is 79.0 cm³/mol. The third-order valence-corrected chi connectivity index (χ3v) is 2.66. The Morgan fingerprint density at radius 3 is 2.78 bits per heavy atom. The average Bonchev–Trinajstić information content (AvgIpc) is 2.92. The van der Waals surface area contributed by atoms with Gasteiger partial charge in [-0.25, -0.2) is 4.79 Å². The van der Waals surface area contributed by atoms with Crippen LogP contribution in [0.1, 0.15) is 0 Å². The summed E-state index contributed by atoms with van der Waals surface area (Å²) in [5.74, 6) is 0.181. The minimum Gasteiger partial charge on any atom is -0.454 e. The van der Waals surface area contributed by atoms with Gasteiger partial charge in [-0.05, 0) is 12.1 Å². The quantitative estimate of drug-likeness (QED) is 0.585. The number of amides is 1. The number of nitrogens with one attached hydrogen (secondary N) is 1. The fourth-order valence-corrected chi connectivity index (χ4v) is 1.62. The van der Waals surface area contributed by atoms with E-state index in [1.165, 1.54) is 0 Å². The summed E-state index contributed by atoms with van der Waals surface area (Å²) in [5.41, 5.74) is 0.602. The number of carbonyl (C=O) groups is 2. The van der Waals surface area contributed by atoms with Gasteiger partial charge in [-0.2, -0.15) is 4.68 Å². The summed E-state index contributed by atoms with van der Waals surface area (Å²) in [6.07, 6.45) is 4.97. The summed E-state index contributed by atoms with van der Waals surface area (Å²) in [7, 11) is 0. The predicted octanol–water partition coefficient (Wildman–Crippen LogP) is -0.204. The summed E-state index contributed by atoms with van der Waals surface area (Å²) in [6.45, 7) is -0.907. The van der Waals surface area contributed by atoms with Gasteiger partial charge in [0, 0.05) is 5.56 Å². The molecule has 0 aliphatic heterocycles. The Balaban J connectivity index is 1.94. The molecule has 0 aliphatic rings. The van der Waals surface area contributed by atoms with Crippen molar-refractivity contribution >= 4 is 11.9 Å². The lowest BCUT2D eigenvalue weighted by molar-refractivity contribution is -0.149. The molecule has 1 aromatic heterocycles. The smallest absolute Gasteiger partial charge is 0.437 e. The summed E-state index contributed by atoms with van der Waals surface area (Å²) >= 11 is 0. The van der Waals surface area contributed by atoms with E-state index in [2.05, 4.69) is 16.3 Å². The highest BCUT2D eigenvalue weighted by atomic mass is 16.5. The van der Waals surface area contributed by atoms with Crippen molar-refractivity contribution in [3.8, 4) is 23.8 Å². The zero-order chi connectivity index (χ0) is 16.7. The Morgan fingerprint density at radius 1 is 1.35 bits per heavy atom. The summed E-state index contributed by atoms with van der Waals surface area (Å²) in [4.78, 5) is 34.5. The minimum atomic E-state index is -0.795. The fraction of sp³-hybridized carbons (Fsp3) is 0.200. The number of carbonyl (C=O) groups excluding carboxylic acids is 2. The van der Waals surface area contributed by atoms with Crippen molar-refractivity contribution in [1.29, 1.82) is 0 Å². The van der Waals surface area contributed by atoms with Gasteiger partial charge in [-0.15, -0.1) is 11.5 Å². The number of nitrogens with zero attached hydrogens (tertiary/aromatic N) is 2. The molecule has 0 unspecified atom stereocenters. The van der Waals surface area contributed by atoms with Crippen LogP contribution >= 0.6 is 0 Å². The van der Waals surface area contributed by atoms with Crippen LogP contribution in [0.5, 0.6) is 0 Å². The van der Waals surface area contributed by atoms with Gasteiger partial charge in [-0.3, -0.25) is 9.59 Å². The SMILES string of the molecule is C#CCNC(=O)COC(=O)Cn1nc(-c2ccccc2)oc1=O.